The maximum absolute atomic E-state index is 13.2. The van der Waals surface area contributed by atoms with Gasteiger partial charge in [-0.3, -0.25) is 9.48 Å². The minimum Gasteiger partial charge on any atom is -0.293 e. The minimum atomic E-state index is -0.288. The average Bonchev–Trinajstić information content (AvgIpc) is 2.95. The van der Waals surface area contributed by atoms with Crippen LogP contribution in [0.1, 0.15) is 21.1 Å². The fourth-order valence-electron chi connectivity index (χ4n) is 2.26. The number of carbonyl (C=O) groups excluding carboxylic acids is 1. The van der Waals surface area contributed by atoms with E-state index in [-0.39, 0.29) is 18.0 Å². The smallest absolute Gasteiger partial charge is 0.178 e. The maximum Gasteiger partial charge on any atom is 0.178 e. The van der Waals surface area contributed by atoms with Gasteiger partial charge in [-0.25, -0.2) is 4.39 Å². The fraction of sp³-hybridized carbons (Fsp3) is 0.200. The lowest BCUT2D eigenvalue weighted by atomic mass is 10.1. The van der Waals surface area contributed by atoms with Gasteiger partial charge in [-0.2, -0.15) is 5.10 Å². The molecule has 3 rings (SSSR count). The van der Waals surface area contributed by atoms with Crippen LogP contribution >= 0.6 is 27.3 Å². The summed E-state index contributed by atoms with van der Waals surface area (Å²) >= 11 is 4.86. The number of thiophene rings is 1. The Hall–Kier alpha value is -1.53. The predicted molar refractivity (Wildman–Crippen MR) is 85.5 cm³/mol. The molecule has 108 valence electrons. The van der Waals surface area contributed by atoms with Crippen molar-refractivity contribution in [1.29, 1.82) is 0 Å². The highest BCUT2D eigenvalue weighted by Crippen LogP contribution is 2.28. The number of benzene rings is 1. The van der Waals surface area contributed by atoms with Gasteiger partial charge in [0.25, 0.3) is 0 Å². The molecule has 3 nitrogen and oxygen atoms in total. The van der Waals surface area contributed by atoms with Crippen LogP contribution in [-0.4, -0.2) is 15.6 Å². The van der Waals surface area contributed by atoms with E-state index in [9.17, 15) is 9.18 Å². The van der Waals surface area contributed by atoms with Gasteiger partial charge in [0.1, 0.15) is 5.82 Å². The monoisotopic (exact) mass is 366 g/mol. The van der Waals surface area contributed by atoms with Crippen LogP contribution in [0.4, 0.5) is 4.39 Å². The van der Waals surface area contributed by atoms with E-state index in [0.717, 1.165) is 25.9 Å². The van der Waals surface area contributed by atoms with Gasteiger partial charge in [0.15, 0.2) is 5.78 Å². The summed E-state index contributed by atoms with van der Waals surface area (Å²) in [7, 11) is 1.82. The van der Waals surface area contributed by atoms with Gasteiger partial charge in [0.2, 0.25) is 0 Å². The third kappa shape index (κ3) is 2.65. The van der Waals surface area contributed by atoms with Gasteiger partial charge in [-0.05, 0) is 52.5 Å². The van der Waals surface area contributed by atoms with Crippen molar-refractivity contribution in [2.75, 3.05) is 0 Å². The van der Waals surface area contributed by atoms with E-state index in [1.165, 1.54) is 23.5 Å². The Morgan fingerprint density at radius 1 is 1.43 bits per heavy atom. The molecule has 0 radical (unpaired) electrons. The van der Waals surface area contributed by atoms with E-state index in [1.54, 1.807) is 16.8 Å². The first-order chi connectivity index (χ1) is 9.95. The molecule has 0 aliphatic heterocycles. The Labute approximate surface area is 133 Å². The lowest BCUT2D eigenvalue weighted by Gasteiger charge is -2.00. The van der Waals surface area contributed by atoms with Crippen LogP contribution in [0, 0.1) is 12.7 Å². The largest absolute Gasteiger partial charge is 0.293 e. The number of hydrogen-bond donors (Lipinski definition) is 0. The summed E-state index contributed by atoms with van der Waals surface area (Å²) in [5.41, 5.74) is 1.71. The Morgan fingerprint density at radius 2 is 2.19 bits per heavy atom. The van der Waals surface area contributed by atoms with E-state index in [2.05, 4.69) is 21.0 Å². The summed E-state index contributed by atoms with van der Waals surface area (Å²) < 4.78 is 16.7. The number of nitrogens with zero attached hydrogens (tertiary/aromatic N) is 2. The summed E-state index contributed by atoms with van der Waals surface area (Å²) in [4.78, 5) is 13.1. The first-order valence-electron chi connectivity index (χ1n) is 6.36. The third-order valence-electron chi connectivity index (χ3n) is 3.34. The van der Waals surface area contributed by atoms with Gasteiger partial charge in [0, 0.05) is 11.7 Å². The highest BCUT2D eigenvalue weighted by atomic mass is 79.9. The second-order valence-corrected chi connectivity index (χ2v) is 6.74. The van der Waals surface area contributed by atoms with Crippen molar-refractivity contribution < 1.29 is 9.18 Å². The molecule has 0 aliphatic carbocycles. The van der Waals surface area contributed by atoms with E-state index in [4.69, 9.17) is 0 Å². The molecule has 0 atom stereocenters. The molecule has 0 saturated heterocycles. The summed E-state index contributed by atoms with van der Waals surface area (Å²) in [6.07, 6.45) is 0.271. The SMILES string of the molecule is Cc1nn(C)c(CC(=O)c2cc3cc(F)ccc3s2)c1Br. The third-order valence-corrected chi connectivity index (χ3v) is 5.53. The van der Waals surface area contributed by atoms with Gasteiger partial charge in [-0.15, -0.1) is 11.3 Å². The predicted octanol–water partition coefficient (Wildman–Crippen LogP) is 4.27. The van der Waals surface area contributed by atoms with Gasteiger partial charge < -0.3 is 0 Å². The number of rotatable bonds is 3. The Balaban J connectivity index is 1.93. The molecule has 2 heterocycles. The normalized spacial score (nSPS) is 11.2. The Kier molecular flexibility index (Phi) is 3.67. The highest BCUT2D eigenvalue weighted by Gasteiger charge is 2.17. The number of hydrogen-bond acceptors (Lipinski definition) is 3. The van der Waals surface area contributed by atoms with Crippen LogP contribution in [0.5, 0.6) is 0 Å². The molecule has 6 heteroatoms. The van der Waals surface area contributed by atoms with Crippen molar-refractivity contribution in [3.05, 3.63) is 50.8 Å². The molecule has 1 aromatic carbocycles. The molecule has 0 N–H and O–H groups in total. The summed E-state index contributed by atoms with van der Waals surface area (Å²) in [6, 6.07) is 6.32. The Bertz CT molecular complexity index is 853. The van der Waals surface area contributed by atoms with Crippen molar-refractivity contribution in [3.63, 3.8) is 0 Å². The van der Waals surface area contributed by atoms with Crippen LogP contribution in [0.3, 0.4) is 0 Å². The number of aryl methyl sites for hydroxylation is 2. The van der Waals surface area contributed by atoms with Crippen molar-refractivity contribution in [2.24, 2.45) is 7.05 Å². The number of halogens is 2. The zero-order valence-corrected chi connectivity index (χ0v) is 13.9. The number of Topliss-reactive ketones (excluding diaryl/α,β-unsaturated/α-hetero) is 1. The topological polar surface area (TPSA) is 34.9 Å². The minimum absolute atomic E-state index is 0.0142. The average molecular weight is 367 g/mol. The van der Waals surface area contributed by atoms with E-state index in [0.29, 0.717) is 4.88 Å². The second kappa shape index (κ2) is 5.35. The van der Waals surface area contributed by atoms with Crippen LogP contribution < -0.4 is 0 Å². The lowest BCUT2D eigenvalue weighted by Crippen LogP contribution is -2.07. The van der Waals surface area contributed by atoms with Gasteiger partial charge >= 0.3 is 0 Å². The van der Waals surface area contributed by atoms with Gasteiger partial charge in [-0.1, -0.05) is 0 Å². The van der Waals surface area contributed by atoms with Crippen LogP contribution in [0.25, 0.3) is 10.1 Å². The van der Waals surface area contributed by atoms with E-state index < -0.39 is 0 Å². The Morgan fingerprint density at radius 3 is 2.86 bits per heavy atom. The number of ketones is 1. The summed E-state index contributed by atoms with van der Waals surface area (Å²) in [5.74, 6) is -0.274. The first kappa shape index (κ1) is 14.4. The van der Waals surface area contributed by atoms with Crippen molar-refractivity contribution in [1.82, 2.24) is 9.78 Å². The molecular formula is C15H12BrFN2OS. The van der Waals surface area contributed by atoms with Crippen molar-refractivity contribution >= 4 is 43.1 Å². The lowest BCUT2D eigenvalue weighted by molar-refractivity contribution is 0.0994. The van der Waals surface area contributed by atoms with Crippen molar-refractivity contribution in [3.8, 4) is 0 Å². The molecular weight excluding hydrogens is 355 g/mol. The molecule has 0 unspecified atom stereocenters. The van der Waals surface area contributed by atoms with E-state index in [1.807, 2.05) is 14.0 Å². The fourth-order valence-corrected chi connectivity index (χ4v) is 3.72. The quantitative estimate of drug-likeness (QED) is 0.648. The maximum atomic E-state index is 13.2. The molecule has 2 aromatic heterocycles. The standard InChI is InChI=1S/C15H12BrFN2OS/c1-8-15(16)11(19(2)18-8)7-12(20)14-6-9-5-10(17)3-4-13(9)21-14/h3-6H,7H2,1-2H3. The highest BCUT2D eigenvalue weighted by molar-refractivity contribution is 9.10. The molecule has 0 amide bonds. The van der Waals surface area contributed by atoms with Crippen LogP contribution in [0.2, 0.25) is 0 Å². The molecule has 0 aliphatic rings. The first-order valence-corrected chi connectivity index (χ1v) is 7.97. The van der Waals surface area contributed by atoms with Crippen LogP contribution in [0.15, 0.2) is 28.7 Å². The zero-order valence-electron chi connectivity index (χ0n) is 11.5. The summed E-state index contributed by atoms with van der Waals surface area (Å²) in [6.45, 7) is 1.89. The molecule has 0 saturated carbocycles. The second-order valence-electron chi connectivity index (χ2n) is 4.86. The summed E-state index contributed by atoms with van der Waals surface area (Å²) in [5, 5.41) is 5.05. The molecule has 3 aromatic rings. The van der Waals surface area contributed by atoms with Gasteiger partial charge in [0.05, 0.1) is 27.2 Å². The number of aromatic nitrogens is 2. The number of fused-ring (bicyclic) bond motifs is 1. The molecule has 0 fully saturated rings. The van der Waals surface area contributed by atoms with Crippen molar-refractivity contribution in [2.45, 2.75) is 13.3 Å². The molecule has 21 heavy (non-hydrogen) atoms. The molecule has 0 bridgehead atoms. The number of carbonyl (C=O) groups is 1. The van der Waals surface area contributed by atoms with E-state index >= 15 is 0 Å². The molecule has 0 spiro atoms. The zero-order chi connectivity index (χ0) is 15.1. The van der Waals surface area contributed by atoms with Crippen LogP contribution in [-0.2, 0) is 13.5 Å².